The minimum Gasteiger partial charge on any atom is -0.507 e. The lowest BCUT2D eigenvalue weighted by Crippen LogP contribution is -2.54. The largest absolute Gasteiger partial charge is 0.507 e. The van der Waals surface area contributed by atoms with Crippen molar-refractivity contribution in [1.29, 1.82) is 0 Å². The molecule has 652 valence electrons. The number of fused-ring (bicyclic) bond motifs is 4. The Bertz CT molecular complexity index is 6450. The second-order valence-corrected chi connectivity index (χ2v) is 32.6. The smallest absolute Gasteiger partial charge is 0.323 e. The van der Waals surface area contributed by atoms with Gasteiger partial charge in [0.15, 0.2) is 0 Å². The summed E-state index contributed by atoms with van der Waals surface area (Å²) in [6.07, 6.45) is 9.30. The van der Waals surface area contributed by atoms with E-state index in [0.717, 1.165) is 45.7 Å². The Balaban J connectivity index is 0.000000127. The molecule has 0 radical (unpaired) electrons. The molecule has 0 unspecified atom stereocenters. The van der Waals surface area contributed by atoms with Gasteiger partial charge in [0.1, 0.15) is 57.6 Å². The third kappa shape index (κ3) is 18.1. The molecule has 0 aliphatic carbocycles. The molecule has 10 aromatic rings. The SMILES string of the molecule is COc1ccc2c(c1)C(=O)N(C[C@@]1(C#Cc3cc(Br)ccc3O)CC(=O)NC1=O)C2.COc1ccc2c(c1)C(=O)N(C[C@@]1(C#Cc3ccc(-n4ccnc4)cc3)CC(=O)NC1=O)C2.COc1ccc2c(c1)C(=O)N(C[C@@]1(C#Cc3ccc(-n4cncn4)cc3)NC(=O)NC1=O)C2.COc1ccc2c(c1)C(=O)N(C[C@@]1(C#Cc3ccc(N4CCCC4=O)cc3)CC(=O)NC1=O)C2. The van der Waals surface area contributed by atoms with E-state index in [0.29, 0.717) is 111 Å². The molecule has 9 aliphatic heterocycles. The van der Waals surface area contributed by atoms with E-state index >= 15 is 0 Å². The maximum atomic E-state index is 13.0. The Morgan fingerprint density at radius 2 is 0.838 bits per heavy atom. The van der Waals surface area contributed by atoms with Crippen molar-refractivity contribution < 1.29 is 86.4 Å². The van der Waals surface area contributed by atoms with Crippen molar-refractivity contribution in [2.45, 2.75) is 63.8 Å². The van der Waals surface area contributed by atoms with E-state index in [2.05, 4.69) is 105 Å². The molecule has 5 fully saturated rings. The van der Waals surface area contributed by atoms with Gasteiger partial charge in [-0.15, -0.1) is 0 Å². The number of carbonyl (C=O) groups is 13. The van der Waals surface area contributed by atoms with E-state index < -0.39 is 69.2 Å². The normalized spacial score (nSPS) is 19.9. The molecule has 34 heteroatoms. The number of halogens is 1. The number of anilines is 1. The Morgan fingerprint density at radius 1 is 0.431 bits per heavy atom. The number of methoxy groups -OCH3 is 4. The van der Waals surface area contributed by atoms with Gasteiger partial charge in [0.05, 0.1) is 71.8 Å². The zero-order chi connectivity index (χ0) is 91.3. The zero-order valence-electron chi connectivity index (χ0n) is 70.1. The zero-order valence-corrected chi connectivity index (χ0v) is 71.7. The van der Waals surface area contributed by atoms with Crippen LogP contribution in [-0.2, 0) is 64.5 Å². The Morgan fingerprint density at radius 3 is 1.20 bits per heavy atom. The summed E-state index contributed by atoms with van der Waals surface area (Å²) in [5.74, 6) is 21.7. The number of benzene rings is 8. The first-order chi connectivity index (χ1) is 62.6. The molecule has 33 nitrogen and oxygen atoms in total. The summed E-state index contributed by atoms with van der Waals surface area (Å²) in [5.41, 5.74) is 4.65. The molecule has 4 atom stereocenters. The molecule has 0 spiro atoms. The minimum absolute atomic E-state index is 0.00770. The topological polar surface area (TPSA) is 404 Å². The summed E-state index contributed by atoms with van der Waals surface area (Å²) in [4.78, 5) is 179. The number of carbonyl (C=O) groups excluding carboxylic acids is 13. The fourth-order valence-corrected chi connectivity index (χ4v) is 16.6. The van der Waals surface area contributed by atoms with Crippen LogP contribution in [0.1, 0.15) is 118 Å². The highest BCUT2D eigenvalue weighted by Crippen LogP contribution is 2.39. The summed E-state index contributed by atoms with van der Waals surface area (Å²) >= 11 is 3.32. The van der Waals surface area contributed by atoms with E-state index in [9.17, 15) is 67.4 Å². The highest BCUT2D eigenvalue weighted by Gasteiger charge is 2.53. The van der Waals surface area contributed by atoms with Crippen LogP contribution >= 0.6 is 15.9 Å². The van der Waals surface area contributed by atoms with Crippen LogP contribution in [0.5, 0.6) is 28.7 Å². The number of ether oxygens (including phenoxy) is 4. The molecule has 9 aliphatic rings. The van der Waals surface area contributed by atoms with Gasteiger partial charge in [0, 0.05) is 126 Å². The maximum absolute atomic E-state index is 13.0. The van der Waals surface area contributed by atoms with Gasteiger partial charge in [-0.05, 0) is 168 Å². The molecule has 0 saturated carbocycles. The van der Waals surface area contributed by atoms with E-state index in [-0.39, 0.29) is 80.7 Å². The lowest BCUT2D eigenvalue weighted by molar-refractivity contribution is -0.128. The van der Waals surface area contributed by atoms with E-state index in [1.54, 1.807) is 130 Å². The monoisotopic (exact) mass is 1810 g/mol. The van der Waals surface area contributed by atoms with E-state index in [1.165, 1.54) is 43.5 Å². The number of hydrogen-bond acceptors (Lipinski definition) is 21. The van der Waals surface area contributed by atoms with Crippen molar-refractivity contribution in [3.8, 4) is 87.5 Å². The van der Waals surface area contributed by atoms with Gasteiger partial charge in [0.25, 0.3) is 29.5 Å². The molecule has 0 bridgehead atoms. The van der Waals surface area contributed by atoms with Crippen LogP contribution in [0.25, 0.3) is 11.4 Å². The van der Waals surface area contributed by atoms with Crippen LogP contribution in [0.2, 0.25) is 0 Å². The van der Waals surface area contributed by atoms with Crippen LogP contribution < -0.4 is 50.4 Å². The quantitative estimate of drug-likeness (QED) is 0.0347. The molecular weight excluding hydrogens is 1730 g/mol. The number of rotatable bonds is 15. The second-order valence-electron chi connectivity index (χ2n) is 31.7. The lowest BCUT2D eigenvalue weighted by Gasteiger charge is -2.26. The van der Waals surface area contributed by atoms with Crippen LogP contribution in [0, 0.1) is 63.6 Å². The molecule has 2 aromatic heterocycles. The maximum Gasteiger partial charge on any atom is 0.323 e. The summed E-state index contributed by atoms with van der Waals surface area (Å²) < 4.78 is 25.0. The average molecular weight is 1810 g/mol. The first kappa shape index (κ1) is 87.0. The van der Waals surface area contributed by atoms with E-state index in [4.69, 9.17) is 18.9 Å². The van der Waals surface area contributed by atoms with Crippen molar-refractivity contribution in [3.63, 3.8) is 0 Å². The fraction of sp³-hybridized carbons (Fsp3) is 0.229. The standard InChI is InChI=1S/C26H23N3O5.C25H20N4O4.C23H18N6O4.C22H17BrN2O5/c1-34-20-9-6-18-15-28(24(32)21(18)13-20)16-26(14-22(30)27-25(26)33)11-10-17-4-7-19(8-5-17)29-12-2-3-23(29)31;1-33-20-7-4-18-14-29(23(31)21(18)12-20)15-25(13-22(30)27-24(25)32)9-8-17-2-5-19(6-3-17)28-11-10-26-16-28;1-33-18-7-4-16-11-28(20(30)19(16)10-18)12-23(21(31)26-22(32)27-23)9-8-15-2-5-17(6-3-15)29-14-24-13-25-29;1-30-16-4-2-14-11-25(20(28)17(14)9-16)12-22(10-19(27)24-21(22)29)7-6-13-8-15(23)3-5-18(13)26/h4-9,13H,2-3,12,14-16H2,1H3,(H,27,30,33);2-7,10-12,16H,13-15H2,1H3,(H,27,30,32);2-7,10,13-14H,11-12H2,1H3,(H2,26,27,31,32);2-5,8-9,26H,10-12H2,1H3,(H,24,27,29)/t26-;25-;23-;22-/m1111/s1. The summed E-state index contributed by atoms with van der Waals surface area (Å²) in [5, 5.41) is 25.9. The Kier molecular flexibility index (Phi) is 24.3. The minimum atomic E-state index is -1.57. The van der Waals surface area contributed by atoms with Crippen LogP contribution in [0.4, 0.5) is 10.5 Å². The average Bonchev–Trinajstić information content (AvgIpc) is 1.63. The first-order valence-corrected chi connectivity index (χ1v) is 41.5. The van der Waals surface area contributed by atoms with Gasteiger partial charge >= 0.3 is 6.03 Å². The number of urea groups is 1. The summed E-state index contributed by atoms with van der Waals surface area (Å²) in [7, 11) is 6.13. The third-order valence-corrected chi connectivity index (χ3v) is 23.7. The molecule has 130 heavy (non-hydrogen) atoms. The number of imidazole rings is 1. The van der Waals surface area contributed by atoms with Crippen molar-refractivity contribution in [3.05, 3.63) is 266 Å². The van der Waals surface area contributed by atoms with Gasteiger partial charge in [0.2, 0.25) is 46.9 Å². The number of nitrogens with zero attached hydrogens (tertiary/aromatic N) is 10. The highest BCUT2D eigenvalue weighted by atomic mass is 79.9. The van der Waals surface area contributed by atoms with Gasteiger partial charge in [-0.25, -0.2) is 19.4 Å². The number of aromatic hydroxyl groups is 1. The van der Waals surface area contributed by atoms with Crippen molar-refractivity contribution in [2.24, 2.45) is 16.2 Å². The molecule has 5 saturated heterocycles. The molecule has 11 heterocycles. The van der Waals surface area contributed by atoms with Crippen molar-refractivity contribution >= 4 is 98.5 Å². The number of amides is 14. The van der Waals surface area contributed by atoms with Crippen LogP contribution in [0.3, 0.4) is 0 Å². The number of hydrogen-bond donors (Lipinski definition) is 6. The predicted molar refractivity (Wildman–Crippen MR) is 467 cm³/mol. The number of phenolic OH excluding ortho intramolecular Hbond substituents is 1. The lowest BCUT2D eigenvalue weighted by atomic mass is 9.85. The molecule has 19 rings (SSSR count). The molecule has 14 amide bonds. The first-order valence-electron chi connectivity index (χ1n) is 40.7. The summed E-state index contributed by atoms with van der Waals surface area (Å²) in [6, 6.07) is 47.1. The molecule has 6 N–H and O–H groups in total. The number of aromatic nitrogens is 5. The van der Waals surface area contributed by atoms with Gasteiger partial charge in [-0.2, -0.15) is 5.10 Å². The van der Waals surface area contributed by atoms with Crippen LogP contribution in [0.15, 0.2) is 200 Å². The van der Waals surface area contributed by atoms with Gasteiger partial charge in [-0.3, -0.25) is 78.8 Å². The van der Waals surface area contributed by atoms with Crippen LogP contribution in [-0.4, -0.2) is 193 Å². The van der Waals surface area contributed by atoms with Crippen molar-refractivity contribution in [2.75, 3.05) is 66.1 Å². The second kappa shape index (κ2) is 36.2. The van der Waals surface area contributed by atoms with Gasteiger partial charge in [-0.1, -0.05) is 87.6 Å². The molecule has 8 aromatic carbocycles. The van der Waals surface area contributed by atoms with Crippen molar-refractivity contribution in [1.82, 2.24) is 70.5 Å². The van der Waals surface area contributed by atoms with Gasteiger partial charge < -0.3 is 58.4 Å². The Labute approximate surface area is 751 Å². The van der Waals surface area contributed by atoms with E-state index in [1.807, 2.05) is 83.6 Å². The summed E-state index contributed by atoms with van der Waals surface area (Å²) in [6.45, 7) is 1.90. The third-order valence-electron chi connectivity index (χ3n) is 23.2. The number of phenols is 1. The Hall–Kier alpha value is -16.5. The predicted octanol–water partition coefficient (Wildman–Crippen LogP) is 6.85. The number of imide groups is 4. The molecular formula is C96H78BrN15O18. The number of nitrogens with one attached hydrogen (secondary N) is 5. The fourth-order valence-electron chi connectivity index (χ4n) is 16.3. The highest BCUT2D eigenvalue weighted by molar-refractivity contribution is 9.10.